The number of hydrogen-bond acceptors (Lipinski definition) is 5. The largest absolute Gasteiger partial charge is 0.461 e. The van der Waals surface area contributed by atoms with Crippen molar-refractivity contribution in [1.82, 2.24) is 9.55 Å². The van der Waals surface area contributed by atoms with Gasteiger partial charge >= 0.3 is 11.8 Å². The molecule has 0 radical (unpaired) electrons. The minimum absolute atomic E-state index is 0.0732. The van der Waals surface area contributed by atoms with Crippen LogP contribution in [0.25, 0.3) is 0 Å². The number of nitrogens with zero attached hydrogens (tertiary/aromatic N) is 3. The molecule has 0 atom stereocenters. The summed E-state index contributed by atoms with van der Waals surface area (Å²) in [6, 6.07) is 0. The fourth-order valence-corrected chi connectivity index (χ4v) is 3.84. The Morgan fingerprint density at radius 3 is 1.90 bits per heavy atom. The van der Waals surface area contributed by atoms with Crippen LogP contribution < -0.4 is 0 Å². The highest BCUT2D eigenvalue weighted by Gasteiger charge is 2.17. The molecule has 0 fully saturated rings. The van der Waals surface area contributed by atoms with Crippen LogP contribution in [0.15, 0.2) is 6.20 Å². The molecule has 0 aliphatic heterocycles. The van der Waals surface area contributed by atoms with Crippen molar-refractivity contribution in [3.8, 4) is 0 Å². The lowest BCUT2D eigenvalue weighted by Crippen LogP contribution is -2.13. The van der Waals surface area contributed by atoms with Gasteiger partial charge < -0.3 is 14.9 Å². The fourth-order valence-electron chi connectivity index (χ4n) is 3.84. The van der Waals surface area contributed by atoms with E-state index in [-0.39, 0.29) is 24.9 Å². The smallest absolute Gasteiger partial charge is 0.342 e. The molecule has 1 rings (SSSR count). The lowest BCUT2D eigenvalue weighted by molar-refractivity contribution is -0.392. The molecule has 0 spiro atoms. The number of aromatic nitrogens is 2. The van der Waals surface area contributed by atoms with Gasteiger partial charge in [0.2, 0.25) is 0 Å². The molecule has 0 saturated carbocycles. The zero-order valence-electron chi connectivity index (χ0n) is 19.8. The average Bonchev–Trinajstić information content (AvgIpc) is 3.11. The highest BCUT2D eigenvalue weighted by atomic mass is 16.6. The molecule has 178 valence electrons. The zero-order chi connectivity index (χ0) is 22.7. The normalized spacial score (nSPS) is 11.0. The van der Waals surface area contributed by atoms with Gasteiger partial charge in [0.15, 0.2) is 5.82 Å². The van der Waals surface area contributed by atoms with Crippen LogP contribution in [0.3, 0.4) is 0 Å². The van der Waals surface area contributed by atoms with Crippen LogP contribution in [0.2, 0.25) is 0 Å². The van der Waals surface area contributed by atoms with E-state index in [1.807, 2.05) is 0 Å². The Morgan fingerprint density at radius 1 is 0.935 bits per heavy atom. The van der Waals surface area contributed by atoms with Crippen LogP contribution in [0.5, 0.6) is 0 Å². The molecule has 1 heterocycles. The van der Waals surface area contributed by atoms with Crippen LogP contribution in [-0.4, -0.2) is 27.1 Å². The molecular weight excluding hydrogens is 394 g/mol. The third-order valence-corrected chi connectivity index (χ3v) is 5.78. The summed E-state index contributed by atoms with van der Waals surface area (Å²) in [6.07, 6.45) is 21.1. The van der Waals surface area contributed by atoms with Gasteiger partial charge in [-0.1, -0.05) is 96.8 Å². The van der Waals surface area contributed by atoms with E-state index >= 15 is 0 Å². The summed E-state index contributed by atoms with van der Waals surface area (Å²) in [5.74, 6) is 0.247. The topological polar surface area (TPSA) is 87.3 Å². The molecule has 0 aromatic carbocycles. The number of unbranched alkanes of at least 4 members (excludes halogenated alkanes) is 14. The Bertz CT molecular complexity index is 616. The molecule has 31 heavy (non-hydrogen) atoms. The molecule has 0 bridgehead atoms. The van der Waals surface area contributed by atoms with Gasteiger partial charge in [-0.2, -0.15) is 0 Å². The highest BCUT2D eigenvalue weighted by Crippen LogP contribution is 2.15. The van der Waals surface area contributed by atoms with Crippen LogP contribution in [0.1, 0.15) is 115 Å². The van der Waals surface area contributed by atoms with Crippen molar-refractivity contribution in [3.05, 3.63) is 22.1 Å². The summed E-state index contributed by atoms with van der Waals surface area (Å²) in [7, 11) is 0. The third kappa shape index (κ3) is 13.2. The molecule has 0 unspecified atom stereocenters. The van der Waals surface area contributed by atoms with Gasteiger partial charge in [0.05, 0.1) is 0 Å². The number of nitro groups is 1. The Kier molecular flexibility index (Phi) is 15.5. The highest BCUT2D eigenvalue weighted by molar-refractivity contribution is 5.69. The summed E-state index contributed by atoms with van der Waals surface area (Å²) < 4.78 is 6.67. The lowest BCUT2D eigenvalue weighted by Gasteiger charge is -2.06. The number of esters is 1. The van der Waals surface area contributed by atoms with Crippen molar-refractivity contribution in [1.29, 1.82) is 0 Å². The number of carbonyl (C=O) groups excluding carboxylic acids is 1. The minimum Gasteiger partial charge on any atom is -0.461 e. The maximum absolute atomic E-state index is 11.8. The minimum atomic E-state index is -0.475. The standard InChI is InChI=1S/C24H43N3O4/c1-3-4-5-6-7-8-9-10-11-12-13-14-15-16-17-18-24(28)31-20-19-26-22(2)25-21-23(26)27(29)30/h21H,3-20H2,1-2H3. The van der Waals surface area contributed by atoms with Gasteiger partial charge in [0, 0.05) is 13.3 Å². The van der Waals surface area contributed by atoms with E-state index in [0.29, 0.717) is 12.2 Å². The first-order valence-corrected chi connectivity index (χ1v) is 12.4. The van der Waals surface area contributed by atoms with E-state index in [2.05, 4.69) is 11.9 Å². The van der Waals surface area contributed by atoms with Crippen molar-refractivity contribution in [2.45, 2.75) is 123 Å². The maximum Gasteiger partial charge on any atom is 0.342 e. The van der Waals surface area contributed by atoms with E-state index in [1.165, 1.54) is 94.2 Å². The zero-order valence-corrected chi connectivity index (χ0v) is 19.8. The third-order valence-electron chi connectivity index (χ3n) is 5.78. The predicted molar refractivity (Wildman–Crippen MR) is 124 cm³/mol. The summed E-state index contributed by atoms with van der Waals surface area (Å²) >= 11 is 0. The fraction of sp³-hybridized carbons (Fsp3) is 0.833. The molecule has 7 heteroatoms. The van der Waals surface area contributed by atoms with Crippen LogP contribution in [0.4, 0.5) is 5.82 Å². The number of carbonyl (C=O) groups is 1. The van der Waals surface area contributed by atoms with Gasteiger partial charge in [0.25, 0.3) is 0 Å². The first-order valence-electron chi connectivity index (χ1n) is 12.4. The average molecular weight is 438 g/mol. The predicted octanol–water partition coefficient (Wildman–Crippen LogP) is 6.90. The van der Waals surface area contributed by atoms with Crippen molar-refractivity contribution >= 4 is 11.8 Å². The number of hydrogen-bond donors (Lipinski definition) is 0. The lowest BCUT2D eigenvalue weighted by atomic mass is 10.0. The summed E-state index contributed by atoms with van der Waals surface area (Å²) in [4.78, 5) is 26.2. The Labute approximate surface area is 188 Å². The molecule has 0 aliphatic carbocycles. The number of rotatable bonds is 20. The van der Waals surface area contributed by atoms with Gasteiger partial charge in [-0.25, -0.2) is 9.55 Å². The van der Waals surface area contributed by atoms with Crippen LogP contribution >= 0.6 is 0 Å². The maximum atomic E-state index is 11.8. The van der Waals surface area contributed by atoms with Gasteiger partial charge in [-0.15, -0.1) is 0 Å². The van der Waals surface area contributed by atoms with Crippen molar-refractivity contribution < 1.29 is 14.5 Å². The molecule has 0 amide bonds. The first-order chi connectivity index (χ1) is 15.1. The van der Waals surface area contributed by atoms with E-state index in [1.54, 1.807) is 6.92 Å². The molecule has 1 aromatic rings. The Hall–Kier alpha value is -1.92. The molecule has 1 aromatic heterocycles. The summed E-state index contributed by atoms with van der Waals surface area (Å²) in [5.41, 5.74) is 0. The van der Waals surface area contributed by atoms with Crippen LogP contribution in [0, 0.1) is 17.0 Å². The second-order valence-electron chi connectivity index (χ2n) is 8.49. The van der Waals surface area contributed by atoms with Crippen molar-refractivity contribution in [2.24, 2.45) is 0 Å². The van der Waals surface area contributed by atoms with Crippen molar-refractivity contribution in [3.63, 3.8) is 0 Å². The summed E-state index contributed by atoms with van der Waals surface area (Å²) in [6.45, 7) is 4.35. The SMILES string of the molecule is CCCCCCCCCCCCCCCCCC(=O)OCCn1c([N+](=O)[O-])cnc1C. The number of ether oxygens (including phenoxy) is 1. The Balaban J connectivity index is 1.89. The van der Waals surface area contributed by atoms with Crippen molar-refractivity contribution in [2.75, 3.05) is 6.61 Å². The number of imidazole rings is 1. The number of aryl methyl sites for hydroxylation is 1. The van der Waals surface area contributed by atoms with E-state index in [4.69, 9.17) is 4.74 Å². The molecule has 7 nitrogen and oxygen atoms in total. The van der Waals surface area contributed by atoms with E-state index in [9.17, 15) is 14.9 Å². The monoisotopic (exact) mass is 437 g/mol. The quantitative estimate of drug-likeness (QED) is 0.0957. The molecular formula is C24H43N3O4. The second kappa shape index (κ2) is 17.7. The molecule has 0 aliphatic rings. The Morgan fingerprint density at radius 2 is 1.42 bits per heavy atom. The van der Waals surface area contributed by atoms with E-state index < -0.39 is 4.92 Å². The molecule has 0 saturated heterocycles. The summed E-state index contributed by atoms with van der Waals surface area (Å²) in [5, 5.41) is 10.9. The van der Waals surface area contributed by atoms with E-state index in [0.717, 1.165) is 12.8 Å². The second-order valence-corrected chi connectivity index (χ2v) is 8.49. The first kappa shape index (κ1) is 27.1. The molecule has 0 N–H and O–H groups in total. The van der Waals surface area contributed by atoms with Gasteiger partial charge in [-0.3, -0.25) is 4.79 Å². The van der Waals surface area contributed by atoms with Gasteiger partial charge in [-0.05, 0) is 11.3 Å². The van der Waals surface area contributed by atoms with Crippen LogP contribution in [-0.2, 0) is 16.1 Å². The van der Waals surface area contributed by atoms with Gasteiger partial charge in [0.1, 0.15) is 19.3 Å².